The molecule has 1 N–H and O–H groups in total. The molecule has 1 rings (SSSR count). The summed E-state index contributed by atoms with van der Waals surface area (Å²) in [5.74, 6) is 1.79. The summed E-state index contributed by atoms with van der Waals surface area (Å²) in [6, 6.07) is 4.01. The summed E-state index contributed by atoms with van der Waals surface area (Å²) >= 11 is 0. The molecule has 1 aromatic rings. The second-order valence-corrected chi connectivity index (χ2v) is 4.79. The Kier molecular flexibility index (Phi) is 8.76. The van der Waals surface area contributed by atoms with Crippen molar-refractivity contribution >= 4 is 6.21 Å². The summed E-state index contributed by atoms with van der Waals surface area (Å²) in [5.41, 5.74) is 2.16. The molecule has 0 unspecified atom stereocenters. The molecule has 1 aromatic carbocycles. The van der Waals surface area contributed by atoms with Gasteiger partial charge in [-0.25, -0.2) is 0 Å². The van der Waals surface area contributed by atoms with Crippen molar-refractivity contribution in [3.63, 3.8) is 0 Å². The number of benzene rings is 1. The molecule has 0 bridgehead atoms. The highest BCUT2D eigenvalue weighted by atomic mass is 16.6. The normalized spacial score (nSPS) is 11.3. The van der Waals surface area contributed by atoms with Crippen LogP contribution in [0.25, 0.3) is 0 Å². The zero-order valence-corrected chi connectivity index (χ0v) is 13.9. The summed E-state index contributed by atoms with van der Waals surface area (Å²) in [4.78, 5) is 4.58. The molecule has 0 aliphatic rings. The van der Waals surface area contributed by atoms with E-state index in [9.17, 15) is 0 Å². The molecular formula is C17H26N2O3. The molecule has 0 heterocycles. The molecule has 0 spiro atoms. The van der Waals surface area contributed by atoms with Gasteiger partial charge in [-0.3, -0.25) is 0 Å². The van der Waals surface area contributed by atoms with Crippen LogP contribution in [0, 0.1) is 13.8 Å². The first-order chi connectivity index (χ1) is 10.7. The summed E-state index contributed by atoms with van der Waals surface area (Å²) < 4.78 is 11.5. The highest BCUT2D eigenvalue weighted by Crippen LogP contribution is 2.28. The highest BCUT2D eigenvalue weighted by molar-refractivity contribution is 5.58. The Morgan fingerprint density at radius 1 is 1.18 bits per heavy atom. The predicted octanol–water partition coefficient (Wildman–Crippen LogP) is 2.86. The lowest BCUT2D eigenvalue weighted by atomic mass is 10.1. The number of aryl methyl sites for hydroxylation is 2. The zero-order valence-electron chi connectivity index (χ0n) is 13.9. The zero-order chi connectivity index (χ0) is 16.2. The van der Waals surface area contributed by atoms with Gasteiger partial charge in [0.05, 0.1) is 6.21 Å². The third kappa shape index (κ3) is 6.63. The van der Waals surface area contributed by atoms with E-state index in [1.54, 1.807) is 6.21 Å². The van der Waals surface area contributed by atoms with Crippen molar-refractivity contribution in [1.82, 2.24) is 5.32 Å². The highest BCUT2D eigenvalue weighted by Gasteiger charge is 2.07. The molecule has 5 nitrogen and oxygen atoms in total. The Bertz CT molecular complexity index is 476. The number of nitrogens with one attached hydrogen (secondary N) is 1. The van der Waals surface area contributed by atoms with E-state index < -0.39 is 0 Å². The van der Waals surface area contributed by atoms with E-state index in [0.29, 0.717) is 19.8 Å². The lowest BCUT2D eigenvalue weighted by Gasteiger charge is -2.14. The first-order valence-corrected chi connectivity index (χ1v) is 7.42. The van der Waals surface area contributed by atoms with E-state index in [1.165, 1.54) is 7.11 Å². The molecule has 0 radical (unpaired) electrons. The maximum Gasteiger partial charge on any atom is 0.125 e. The topological polar surface area (TPSA) is 52.1 Å². The fraction of sp³-hybridized carbons (Fsp3) is 0.471. The summed E-state index contributed by atoms with van der Waals surface area (Å²) in [5, 5.41) is 6.84. The van der Waals surface area contributed by atoms with Crippen molar-refractivity contribution in [3.05, 3.63) is 35.4 Å². The number of nitrogens with zero attached hydrogens (tertiary/aromatic N) is 1. The first kappa shape index (κ1) is 18.0. The average molecular weight is 306 g/mol. The molecule has 0 aliphatic heterocycles. The molecule has 0 aliphatic carbocycles. The van der Waals surface area contributed by atoms with Gasteiger partial charge >= 0.3 is 0 Å². The van der Waals surface area contributed by atoms with Gasteiger partial charge in [0.25, 0.3) is 0 Å². The smallest absolute Gasteiger partial charge is 0.125 e. The molecule has 5 heteroatoms. The second-order valence-electron chi connectivity index (χ2n) is 4.79. The summed E-state index contributed by atoms with van der Waals surface area (Å²) in [7, 11) is 1.52. The van der Waals surface area contributed by atoms with Gasteiger partial charge in [0.15, 0.2) is 0 Å². The minimum atomic E-state index is 0.586. The number of ether oxygens (including phenoxy) is 2. The lowest BCUT2D eigenvalue weighted by molar-refractivity contribution is 0.214. The van der Waals surface area contributed by atoms with Gasteiger partial charge < -0.3 is 19.6 Å². The SMILES string of the molecule is C/C=C/COc1cc(C)c(OCCNC/C=N/OC)c(C)c1. The third-order valence-electron chi connectivity index (χ3n) is 2.96. The van der Waals surface area contributed by atoms with Gasteiger partial charge in [0.1, 0.15) is 31.8 Å². The molecule has 0 saturated heterocycles. The van der Waals surface area contributed by atoms with Crippen molar-refractivity contribution in [1.29, 1.82) is 0 Å². The number of oxime groups is 1. The van der Waals surface area contributed by atoms with E-state index in [-0.39, 0.29) is 0 Å². The third-order valence-corrected chi connectivity index (χ3v) is 2.96. The summed E-state index contributed by atoms with van der Waals surface area (Å²) in [6.07, 6.45) is 5.63. The van der Waals surface area contributed by atoms with E-state index in [0.717, 1.165) is 29.2 Å². The molecule has 0 amide bonds. The van der Waals surface area contributed by atoms with Crippen LogP contribution < -0.4 is 14.8 Å². The van der Waals surface area contributed by atoms with Crippen LogP contribution in [0.3, 0.4) is 0 Å². The number of rotatable bonds is 10. The van der Waals surface area contributed by atoms with E-state index in [1.807, 2.05) is 45.1 Å². The number of hydrogen-bond acceptors (Lipinski definition) is 5. The number of hydrogen-bond donors (Lipinski definition) is 1. The Hall–Kier alpha value is -2.01. The minimum absolute atomic E-state index is 0.586. The van der Waals surface area contributed by atoms with Crippen molar-refractivity contribution in [2.75, 3.05) is 33.4 Å². The maximum atomic E-state index is 5.85. The Morgan fingerprint density at radius 3 is 2.55 bits per heavy atom. The molecule has 0 atom stereocenters. The van der Waals surface area contributed by atoms with E-state index >= 15 is 0 Å². The van der Waals surface area contributed by atoms with Gasteiger partial charge in [0, 0.05) is 13.1 Å². The summed E-state index contributed by atoms with van der Waals surface area (Å²) in [6.45, 7) is 8.63. The Labute approximate surface area is 132 Å². The molecule has 0 fully saturated rings. The van der Waals surface area contributed by atoms with E-state index in [2.05, 4.69) is 15.3 Å². The van der Waals surface area contributed by atoms with Gasteiger partial charge in [0.2, 0.25) is 0 Å². The molecule has 0 saturated carbocycles. The maximum absolute atomic E-state index is 5.85. The van der Waals surface area contributed by atoms with Crippen LogP contribution in [-0.2, 0) is 4.84 Å². The molecule has 0 aromatic heterocycles. The molecule has 122 valence electrons. The van der Waals surface area contributed by atoms with Gasteiger partial charge in [-0.1, -0.05) is 17.3 Å². The van der Waals surface area contributed by atoms with Gasteiger partial charge in [-0.2, -0.15) is 0 Å². The average Bonchev–Trinajstić information content (AvgIpc) is 2.49. The van der Waals surface area contributed by atoms with Crippen LogP contribution in [0.1, 0.15) is 18.1 Å². The molecular weight excluding hydrogens is 280 g/mol. The standard InChI is InChI=1S/C17H26N2O3/c1-5-6-10-21-16-12-14(2)17(15(3)13-16)22-11-9-18-7-8-19-20-4/h5-6,8,12-13,18H,7,9-11H2,1-4H3/b6-5+,19-8+. The monoisotopic (exact) mass is 306 g/mol. The number of allylic oxidation sites excluding steroid dienone is 1. The fourth-order valence-electron chi connectivity index (χ4n) is 1.97. The van der Waals surface area contributed by atoms with Gasteiger partial charge in [-0.05, 0) is 44.0 Å². The van der Waals surface area contributed by atoms with E-state index in [4.69, 9.17) is 9.47 Å². The van der Waals surface area contributed by atoms with Crippen LogP contribution in [0.2, 0.25) is 0 Å². The largest absolute Gasteiger partial charge is 0.492 e. The lowest BCUT2D eigenvalue weighted by Crippen LogP contribution is -2.23. The van der Waals surface area contributed by atoms with Crippen LogP contribution in [0.4, 0.5) is 0 Å². The van der Waals surface area contributed by atoms with Crippen LogP contribution in [0.15, 0.2) is 29.4 Å². The quantitative estimate of drug-likeness (QED) is 0.312. The molecule has 22 heavy (non-hydrogen) atoms. The predicted molar refractivity (Wildman–Crippen MR) is 90.1 cm³/mol. The Balaban J connectivity index is 2.45. The fourth-order valence-corrected chi connectivity index (χ4v) is 1.97. The van der Waals surface area contributed by atoms with Crippen LogP contribution in [-0.4, -0.2) is 39.6 Å². The Morgan fingerprint density at radius 2 is 1.91 bits per heavy atom. The minimum Gasteiger partial charge on any atom is -0.492 e. The second kappa shape index (κ2) is 10.7. The van der Waals surface area contributed by atoms with Crippen molar-refractivity contribution < 1.29 is 14.3 Å². The first-order valence-electron chi connectivity index (χ1n) is 7.42. The van der Waals surface area contributed by atoms with Gasteiger partial charge in [-0.15, -0.1) is 0 Å². The van der Waals surface area contributed by atoms with Crippen molar-refractivity contribution in [2.45, 2.75) is 20.8 Å². The van der Waals surface area contributed by atoms with Crippen LogP contribution in [0.5, 0.6) is 11.5 Å². The van der Waals surface area contributed by atoms with Crippen molar-refractivity contribution in [3.8, 4) is 11.5 Å². The van der Waals surface area contributed by atoms with Crippen molar-refractivity contribution in [2.24, 2.45) is 5.16 Å². The van der Waals surface area contributed by atoms with Crippen LogP contribution >= 0.6 is 0 Å².